The van der Waals surface area contributed by atoms with E-state index in [1.54, 1.807) is 0 Å². The first-order valence-corrected chi connectivity index (χ1v) is 8.46. The van der Waals surface area contributed by atoms with Gasteiger partial charge in [0.15, 0.2) is 0 Å². The van der Waals surface area contributed by atoms with Gasteiger partial charge in [0.2, 0.25) is 0 Å². The van der Waals surface area contributed by atoms with Crippen molar-refractivity contribution in [1.82, 2.24) is 15.1 Å². The molecule has 0 bridgehead atoms. The summed E-state index contributed by atoms with van der Waals surface area (Å²) in [6.45, 7) is 13.4. The van der Waals surface area contributed by atoms with Gasteiger partial charge >= 0.3 is 0 Å². The smallest absolute Gasteiger partial charge is 0.0113 e. The van der Waals surface area contributed by atoms with Crippen LogP contribution in [0.4, 0.5) is 0 Å². The molecular weight excluding hydrogens is 234 g/mol. The van der Waals surface area contributed by atoms with E-state index in [1.807, 2.05) is 0 Å². The summed E-state index contributed by atoms with van der Waals surface area (Å²) in [5.41, 5.74) is 0. The van der Waals surface area contributed by atoms with Crippen LogP contribution in [0.5, 0.6) is 0 Å². The predicted molar refractivity (Wildman–Crippen MR) is 82.6 cm³/mol. The molecular formula is C16H33N3. The average molecular weight is 267 g/mol. The minimum absolute atomic E-state index is 0.782. The highest BCUT2D eigenvalue weighted by Crippen LogP contribution is 2.24. The van der Waals surface area contributed by atoms with Gasteiger partial charge < -0.3 is 10.2 Å². The lowest BCUT2D eigenvalue weighted by molar-refractivity contribution is 0.0891. The number of rotatable bonds is 7. The molecule has 1 aliphatic heterocycles. The third kappa shape index (κ3) is 5.05. The third-order valence-corrected chi connectivity index (χ3v) is 4.74. The van der Waals surface area contributed by atoms with E-state index < -0.39 is 0 Å². The van der Waals surface area contributed by atoms with Crippen LogP contribution in [0, 0.1) is 5.92 Å². The van der Waals surface area contributed by atoms with Gasteiger partial charge in [-0.2, -0.15) is 0 Å². The van der Waals surface area contributed by atoms with Crippen LogP contribution < -0.4 is 5.32 Å². The minimum Gasteiger partial charge on any atom is -0.316 e. The molecule has 2 aliphatic rings. The van der Waals surface area contributed by atoms with Crippen LogP contribution in [-0.4, -0.2) is 61.7 Å². The molecule has 2 fully saturated rings. The fourth-order valence-corrected chi connectivity index (χ4v) is 3.61. The quantitative estimate of drug-likeness (QED) is 0.713. The van der Waals surface area contributed by atoms with E-state index in [-0.39, 0.29) is 0 Å². The van der Waals surface area contributed by atoms with Crippen LogP contribution in [0.15, 0.2) is 0 Å². The van der Waals surface area contributed by atoms with Crippen molar-refractivity contribution in [3.63, 3.8) is 0 Å². The topological polar surface area (TPSA) is 18.5 Å². The van der Waals surface area contributed by atoms with Gasteiger partial charge in [-0.3, -0.25) is 4.90 Å². The lowest BCUT2D eigenvalue weighted by Crippen LogP contribution is -2.50. The fourth-order valence-electron chi connectivity index (χ4n) is 3.61. The van der Waals surface area contributed by atoms with Crippen LogP contribution in [0.2, 0.25) is 0 Å². The minimum atomic E-state index is 0.782. The Kier molecular flexibility index (Phi) is 6.62. The number of nitrogens with one attached hydrogen (secondary N) is 1. The van der Waals surface area contributed by atoms with E-state index in [4.69, 9.17) is 0 Å². The summed E-state index contributed by atoms with van der Waals surface area (Å²) in [5, 5.41) is 3.54. The molecule has 19 heavy (non-hydrogen) atoms. The molecule has 1 saturated heterocycles. The molecule has 112 valence electrons. The van der Waals surface area contributed by atoms with Crippen molar-refractivity contribution in [2.45, 2.75) is 52.0 Å². The Labute approximate surface area is 119 Å². The van der Waals surface area contributed by atoms with Gasteiger partial charge in [-0.25, -0.2) is 0 Å². The molecule has 0 aromatic carbocycles. The molecule has 1 aliphatic carbocycles. The number of piperazine rings is 1. The van der Waals surface area contributed by atoms with Crippen molar-refractivity contribution < 1.29 is 0 Å². The van der Waals surface area contributed by atoms with E-state index in [9.17, 15) is 0 Å². The summed E-state index contributed by atoms with van der Waals surface area (Å²) >= 11 is 0. The highest BCUT2D eigenvalue weighted by atomic mass is 15.3. The standard InChI is InChI=1S/C16H33N3/c1-3-8-17-13-15(2)14-18-9-11-19(12-10-18)16-6-4-5-7-16/h15-17H,3-14H2,1-2H3. The maximum Gasteiger partial charge on any atom is 0.0113 e. The summed E-state index contributed by atoms with van der Waals surface area (Å²) in [6, 6.07) is 0.922. The van der Waals surface area contributed by atoms with E-state index >= 15 is 0 Å². The second kappa shape index (κ2) is 8.23. The fraction of sp³-hybridized carbons (Fsp3) is 1.00. The first-order chi connectivity index (χ1) is 9.29. The van der Waals surface area contributed by atoms with Gasteiger partial charge in [-0.05, 0) is 38.3 Å². The molecule has 1 atom stereocenters. The molecule has 1 heterocycles. The van der Waals surface area contributed by atoms with Crippen molar-refractivity contribution in [2.24, 2.45) is 5.92 Å². The van der Waals surface area contributed by atoms with E-state index in [2.05, 4.69) is 29.0 Å². The number of nitrogens with zero attached hydrogens (tertiary/aromatic N) is 2. The molecule has 0 radical (unpaired) electrons. The summed E-state index contributed by atoms with van der Waals surface area (Å²) in [6.07, 6.45) is 7.08. The summed E-state index contributed by atoms with van der Waals surface area (Å²) in [4.78, 5) is 5.42. The second-order valence-corrected chi connectivity index (χ2v) is 6.58. The van der Waals surface area contributed by atoms with Crippen LogP contribution in [0.25, 0.3) is 0 Å². The zero-order valence-electron chi connectivity index (χ0n) is 13.0. The lowest BCUT2D eigenvalue weighted by Gasteiger charge is -2.39. The molecule has 2 rings (SSSR count). The molecule has 1 saturated carbocycles. The van der Waals surface area contributed by atoms with Gasteiger partial charge in [-0.1, -0.05) is 26.7 Å². The predicted octanol–water partition coefficient (Wildman–Crippen LogP) is 2.18. The molecule has 0 aromatic heterocycles. The van der Waals surface area contributed by atoms with Gasteiger partial charge in [-0.15, -0.1) is 0 Å². The zero-order valence-corrected chi connectivity index (χ0v) is 13.0. The molecule has 1 N–H and O–H groups in total. The highest BCUT2D eigenvalue weighted by molar-refractivity contribution is 4.82. The maximum absolute atomic E-state index is 3.54. The first kappa shape index (κ1) is 15.3. The van der Waals surface area contributed by atoms with Crippen LogP contribution in [-0.2, 0) is 0 Å². The van der Waals surface area contributed by atoms with Crippen molar-refractivity contribution in [3.8, 4) is 0 Å². The van der Waals surface area contributed by atoms with E-state index in [0.29, 0.717) is 0 Å². The summed E-state index contributed by atoms with van der Waals surface area (Å²) in [5.74, 6) is 0.782. The van der Waals surface area contributed by atoms with Crippen molar-refractivity contribution in [1.29, 1.82) is 0 Å². The summed E-state index contributed by atoms with van der Waals surface area (Å²) in [7, 11) is 0. The second-order valence-electron chi connectivity index (χ2n) is 6.58. The van der Waals surface area contributed by atoms with Gasteiger partial charge in [0.1, 0.15) is 0 Å². The van der Waals surface area contributed by atoms with Crippen LogP contribution >= 0.6 is 0 Å². The first-order valence-electron chi connectivity index (χ1n) is 8.46. The normalized spacial score (nSPS) is 24.9. The average Bonchev–Trinajstić information content (AvgIpc) is 2.94. The highest BCUT2D eigenvalue weighted by Gasteiger charge is 2.26. The molecule has 3 heteroatoms. The van der Waals surface area contributed by atoms with Crippen LogP contribution in [0.3, 0.4) is 0 Å². The van der Waals surface area contributed by atoms with E-state index in [1.165, 1.54) is 77.9 Å². The van der Waals surface area contributed by atoms with Gasteiger partial charge in [0, 0.05) is 38.8 Å². The Balaban J connectivity index is 1.60. The third-order valence-electron chi connectivity index (χ3n) is 4.74. The summed E-state index contributed by atoms with van der Waals surface area (Å²) < 4.78 is 0. The largest absolute Gasteiger partial charge is 0.316 e. The van der Waals surface area contributed by atoms with Crippen LogP contribution in [0.1, 0.15) is 46.0 Å². The van der Waals surface area contributed by atoms with Crippen molar-refractivity contribution in [2.75, 3.05) is 45.8 Å². The number of hydrogen-bond donors (Lipinski definition) is 1. The molecule has 1 unspecified atom stereocenters. The molecule has 0 amide bonds. The lowest BCUT2D eigenvalue weighted by atomic mass is 10.1. The Bertz CT molecular complexity index is 230. The Morgan fingerprint density at radius 3 is 2.42 bits per heavy atom. The number of hydrogen-bond acceptors (Lipinski definition) is 3. The monoisotopic (exact) mass is 267 g/mol. The maximum atomic E-state index is 3.54. The molecule has 3 nitrogen and oxygen atoms in total. The Hall–Kier alpha value is -0.120. The van der Waals surface area contributed by atoms with Gasteiger partial charge in [0.25, 0.3) is 0 Å². The Morgan fingerprint density at radius 1 is 1.11 bits per heavy atom. The van der Waals surface area contributed by atoms with Crippen molar-refractivity contribution >= 4 is 0 Å². The zero-order chi connectivity index (χ0) is 13.5. The molecule has 0 aromatic rings. The Morgan fingerprint density at radius 2 is 1.79 bits per heavy atom. The molecule has 0 spiro atoms. The SMILES string of the molecule is CCCNCC(C)CN1CCN(C2CCCC2)CC1. The van der Waals surface area contributed by atoms with E-state index in [0.717, 1.165) is 12.0 Å². The van der Waals surface area contributed by atoms with Gasteiger partial charge in [0.05, 0.1) is 0 Å². The van der Waals surface area contributed by atoms with Crippen molar-refractivity contribution in [3.05, 3.63) is 0 Å².